The van der Waals surface area contributed by atoms with Gasteiger partial charge in [0.25, 0.3) is 84.3 Å². The van der Waals surface area contributed by atoms with E-state index in [1.807, 2.05) is 0 Å². The second-order valence-corrected chi connectivity index (χ2v) is 26.8. The third-order valence-electron chi connectivity index (χ3n) is 12.5. The van der Waals surface area contributed by atoms with Gasteiger partial charge in [-0.3, -0.25) is 57.1 Å². The van der Waals surface area contributed by atoms with Gasteiger partial charge in [0.1, 0.15) is 19.6 Å². The molecule has 0 fully saturated rings. The van der Waals surface area contributed by atoms with Crippen LogP contribution in [0.15, 0.2) is 163 Å². The summed E-state index contributed by atoms with van der Waals surface area (Å²) in [5.41, 5.74) is -0.518. The lowest BCUT2D eigenvalue weighted by Gasteiger charge is -2.17. The van der Waals surface area contributed by atoms with Crippen LogP contribution in [0.1, 0.15) is 52.6 Å². The van der Waals surface area contributed by atoms with Crippen LogP contribution in [0.25, 0.3) is 21.5 Å². The smallest absolute Gasteiger partial charge is 0.323 e. The lowest BCUT2D eigenvalue weighted by atomic mass is 10.1. The zero-order valence-electron chi connectivity index (χ0n) is 43.3. The van der Waals surface area contributed by atoms with Crippen molar-refractivity contribution in [3.63, 3.8) is 0 Å². The van der Waals surface area contributed by atoms with E-state index in [4.69, 9.17) is 0 Å². The molecule has 35 heteroatoms. The molecule has 86 heavy (non-hydrogen) atoms. The van der Waals surface area contributed by atoms with Crippen molar-refractivity contribution in [1.29, 1.82) is 0 Å². The highest BCUT2D eigenvalue weighted by Crippen LogP contribution is 2.41. The first-order valence-corrected chi connectivity index (χ1v) is 32.2. The molecule has 0 atom stereocenters. The van der Waals surface area contributed by atoms with E-state index < -0.39 is 141 Å². The maximum absolute atomic E-state index is 13.5. The van der Waals surface area contributed by atoms with Crippen molar-refractivity contribution in [2.75, 3.05) is 21.3 Å². The van der Waals surface area contributed by atoms with Gasteiger partial charge in [0.15, 0.2) is 0 Å². The number of imide groups is 2. The number of carbonyl (C=O) groups is 5. The van der Waals surface area contributed by atoms with Crippen LogP contribution in [0, 0.1) is 13.8 Å². The molecule has 0 aliphatic heterocycles. The van der Waals surface area contributed by atoms with Crippen LogP contribution in [-0.2, 0) is 60.7 Å². The van der Waals surface area contributed by atoms with Crippen molar-refractivity contribution in [3.05, 3.63) is 167 Å². The summed E-state index contributed by atoms with van der Waals surface area (Å²) in [6.07, 6.45) is 0. The van der Waals surface area contributed by atoms with Gasteiger partial charge in [-0.05, 0) is 134 Å². The van der Waals surface area contributed by atoms with Crippen molar-refractivity contribution in [2.45, 2.75) is 43.2 Å². The molecule has 0 bridgehead atoms. The third kappa shape index (κ3) is 14.0. The Hall–Kier alpha value is -9.11. The molecule has 8 aromatic carbocycles. The number of urea groups is 1. The van der Waals surface area contributed by atoms with Crippen molar-refractivity contribution < 1.29 is 102 Å². The number of rotatable bonds is 16. The number of carbonyl (C=O) groups excluding carboxylic acids is 5. The Balaban J connectivity index is 0.940. The monoisotopic (exact) mass is 1300 g/mol. The first-order valence-electron chi connectivity index (χ1n) is 23.6. The summed E-state index contributed by atoms with van der Waals surface area (Å²) < 4.78 is 207. The van der Waals surface area contributed by atoms with E-state index >= 15 is 0 Å². The highest BCUT2D eigenvalue weighted by molar-refractivity contribution is 7.88. The highest BCUT2D eigenvalue weighted by atomic mass is 32.2. The molecule has 12 N–H and O–H groups in total. The van der Waals surface area contributed by atoms with Gasteiger partial charge in [-0.25, -0.2) is 4.79 Å². The quantitative estimate of drug-likeness (QED) is 0.0369. The summed E-state index contributed by atoms with van der Waals surface area (Å²) in [4.78, 5) is 60.2. The lowest BCUT2D eigenvalue weighted by molar-refractivity contribution is 0.0833. The lowest BCUT2D eigenvalue weighted by Crippen LogP contribution is -2.30. The SMILES string of the molecule is Cc1ccc(C(=O)NC(=O)c2cccc(NC(=O)Nc3cccc(C(=O)NC(=O)c4ccc(C)c(Nc5ccc(S(=O)(=O)O)c6cc(S(=O)(=O)O)cc(S(=O)(=O)O)c56)c4)c3)c2)cc1Nc1ccc(S(=O)(=O)O)c2cc(S(=O)(=O)O)cc(S(=O)(=O)O)c12. The molecule has 6 amide bonds. The Bertz CT molecular complexity index is 4710. The molecule has 0 saturated carbocycles. The molecule has 0 unspecified atom stereocenters. The normalized spacial score (nSPS) is 12.3. The van der Waals surface area contributed by atoms with E-state index in [2.05, 4.69) is 31.9 Å². The van der Waals surface area contributed by atoms with Gasteiger partial charge >= 0.3 is 6.03 Å². The minimum Gasteiger partial charge on any atom is -0.355 e. The fourth-order valence-corrected chi connectivity index (χ4v) is 12.6. The van der Waals surface area contributed by atoms with Gasteiger partial charge < -0.3 is 21.3 Å². The van der Waals surface area contributed by atoms with E-state index in [0.29, 0.717) is 35.4 Å². The predicted octanol–water partition coefficient (Wildman–Crippen LogP) is 6.36. The standard InChI is InChI=1S/C51H40N6O23S6/c1-25-9-11-29(19-39(25)54-37-13-15-41(83(69,70)71)35-21-33(81(63,64)65)23-43(45(35)37)85(75,76)77)49(60)56-47(58)27-5-3-7-31(17-27)52-51(62)53-32-8-4-6-28(18-32)48(59)57-50(61)30-12-10-26(2)40(20-30)55-38-14-16-42(84(72,73)74)36-22-34(82(66,67)68)24-44(46(36)38)86(78,79)80/h3-24,54-55H,1-2H3,(H2,52,53,62)(H,56,58,60)(H,57,59,61)(H,63,64,65)(H,66,67,68)(H,69,70,71)(H,72,73,74)(H,75,76,77)(H,78,79,80). The minimum absolute atomic E-state index is 0.0181. The Morgan fingerprint density at radius 3 is 0.977 bits per heavy atom. The molecule has 8 aromatic rings. The van der Waals surface area contributed by atoms with Gasteiger partial charge in [-0.15, -0.1) is 0 Å². The Kier molecular flexibility index (Phi) is 16.9. The number of anilines is 6. The Labute approximate surface area is 487 Å². The molecular weight excluding hydrogens is 1260 g/mol. The summed E-state index contributed by atoms with van der Waals surface area (Å²) in [6, 6.07) is 22.5. The maximum Gasteiger partial charge on any atom is 0.323 e. The molecule has 0 saturated heterocycles. The number of amides is 6. The van der Waals surface area contributed by atoms with Gasteiger partial charge in [0, 0.05) is 77.9 Å². The summed E-state index contributed by atoms with van der Waals surface area (Å²) in [6.45, 7) is 3.03. The number of hydrogen-bond acceptors (Lipinski definition) is 19. The number of aryl methyl sites for hydroxylation is 2. The first kappa shape index (κ1) is 62.9. The summed E-state index contributed by atoms with van der Waals surface area (Å²) >= 11 is 0. The van der Waals surface area contributed by atoms with Crippen LogP contribution in [0.4, 0.5) is 38.9 Å². The summed E-state index contributed by atoms with van der Waals surface area (Å²) in [7, 11) is -31.7. The van der Waals surface area contributed by atoms with E-state index in [0.717, 1.165) is 24.3 Å². The molecule has 29 nitrogen and oxygen atoms in total. The average Bonchev–Trinajstić information content (AvgIpc) is 0.836. The molecule has 0 radical (unpaired) electrons. The molecule has 0 aromatic heterocycles. The summed E-state index contributed by atoms with van der Waals surface area (Å²) in [5.74, 6) is -3.95. The van der Waals surface area contributed by atoms with E-state index in [-0.39, 0.29) is 56.4 Å². The molecule has 8 rings (SSSR count). The van der Waals surface area contributed by atoms with Crippen LogP contribution >= 0.6 is 0 Å². The molecule has 0 heterocycles. The van der Waals surface area contributed by atoms with Crippen LogP contribution in [-0.4, -0.2) is 107 Å². The van der Waals surface area contributed by atoms with Crippen LogP contribution in [0.2, 0.25) is 0 Å². The first-order chi connectivity index (χ1) is 39.8. The number of hydrogen-bond donors (Lipinski definition) is 12. The molecule has 0 spiro atoms. The van der Waals surface area contributed by atoms with Gasteiger partial charge in [-0.1, -0.05) is 24.3 Å². The van der Waals surface area contributed by atoms with Gasteiger partial charge in [0.05, 0.1) is 9.79 Å². The average molecular weight is 1300 g/mol. The summed E-state index contributed by atoms with van der Waals surface area (Å²) in [5, 5.41) is 12.0. The third-order valence-corrected chi connectivity index (χ3v) is 17.7. The molecule has 448 valence electrons. The number of fused-ring (bicyclic) bond motifs is 2. The minimum atomic E-state index is -5.40. The second kappa shape index (κ2) is 23.0. The predicted molar refractivity (Wildman–Crippen MR) is 305 cm³/mol. The van der Waals surface area contributed by atoms with Crippen molar-refractivity contribution in [3.8, 4) is 0 Å². The van der Waals surface area contributed by atoms with Crippen molar-refractivity contribution in [2.24, 2.45) is 0 Å². The fourth-order valence-electron chi connectivity index (χ4n) is 8.50. The Morgan fingerprint density at radius 2 is 0.663 bits per heavy atom. The number of nitrogens with one attached hydrogen (secondary N) is 6. The second-order valence-electron chi connectivity index (χ2n) is 18.4. The molecule has 0 aliphatic rings. The van der Waals surface area contributed by atoms with Gasteiger partial charge in [0.2, 0.25) is 0 Å². The largest absolute Gasteiger partial charge is 0.355 e. The van der Waals surface area contributed by atoms with Crippen LogP contribution in [0.5, 0.6) is 0 Å². The maximum atomic E-state index is 13.5. The van der Waals surface area contributed by atoms with Crippen LogP contribution in [0.3, 0.4) is 0 Å². The molecule has 0 aliphatic carbocycles. The Morgan fingerprint density at radius 1 is 0.337 bits per heavy atom. The number of benzene rings is 8. The van der Waals surface area contributed by atoms with Crippen molar-refractivity contribution in [1.82, 2.24) is 10.6 Å². The van der Waals surface area contributed by atoms with E-state index in [1.165, 1.54) is 98.8 Å². The van der Waals surface area contributed by atoms with E-state index in [9.17, 15) is 102 Å². The fraction of sp³-hybridized carbons (Fsp3) is 0.0392. The van der Waals surface area contributed by atoms with Crippen molar-refractivity contribution >= 4 is 146 Å². The topological polar surface area (TPSA) is 484 Å². The van der Waals surface area contributed by atoms with E-state index in [1.54, 1.807) is 0 Å². The zero-order valence-corrected chi connectivity index (χ0v) is 48.2. The van der Waals surface area contributed by atoms with Gasteiger partial charge in [-0.2, -0.15) is 50.5 Å². The molecular formula is C51H40N6O23S6. The highest BCUT2D eigenvalue weighted by Gasteiger charge is 2.30. The zero-order chi connectivity index (χ0) is 63.4. The van der Waals surface area contributed by atoms with Crippen LogP contribution < -0.4 is 31.9 Å².